The lowest BCUT2D eigenvalue weighted by molar-refractivity contribution is -0.137. The first-order valence-electron chi connectivity index (χ1n) is 7.78. The van der Waals surface area contributed by atoms with Crippen molar-refractivity contribution in [3.8, 4) is 0 Å². The molecule has 27 heavy (non-hydrogen) atoms. The predicted molar refractivity (Wildman–Crippen MR) is 96.1 cm³/mol. The Morgan fingerprint density at radius 3 is 2.44 bits per heavy atom. The minimum absolute atomic E-state index is 0.0708. The van der Waals surface area contributed by atoms with Crippen LogP contribution in [0.2, 0.25) is 0 Å². The molecule has 3 aromatic rings. The van der Waals surface area contributed by atoms with Crippen LogP contribution in [-0.2, 0) is 6.18 Å². The second-order valence-electron chi connectivity index (χ2n) is 5.54. The highest BCUT2D eigenvalue weighted by Gasteiger charge is 2.30. The third kappa shape index (κ3) is 3.86. The summed E-state index contributed by atoms with van der Waals surface area (Å²) in [6, 6.07) is 9.99. The van der Waals surface area contributed by atoms with Crippen LogP contribution < -0.4 is 21.6 Å². The Hall–Kier alpha value is -3.49. The molecular formula is C18H14F3N3O3. The van der Waals surface area contributed by atoms with Crippen LogP contribution in [0.1, 0.15) is 5.56 Å². The van der Waals surface area contributed by atoms with Crippen molar-refractivity contribution < 1.29 is 22.4 Å². The minimum atomic E-state index is -4.53. The molecule has 0 atom stereocenters. The summed E-state index contributed by atoms with van der Waals surface area (Å²) in [5.74, 6) is 0. The molecule has 1 aromatic heterocycles. The molecule has 2 aromatic carbocycles. The van der Waals surface area contributed by atoms with E-state index in [-0.39, 0.29) is 11.4 Å². The average molecular weight is 377 g/mol. The second-order valence-corrected chi connectivity index (χ2v) is 5.54. The number of rotatable bonds is 3. The summed E-state index contributed by atoms with van der Waals surface area (Å²) in [5.41, 5.74) is -1.26. The van der Waals surface area contributed by atoms with E-state index in [0.29, 0.717) is 16.7 Å². The number of alkyl halides is 3. The molecule has 0 aliphatic carbocycles. The number of urea groups is 1. The molecule has 0 radical (unpaired) electrons. The molecule has 0 aliphatic heterocycles. The van der Waals surface area contributed by atoms with Crippen LogP contribution in [0, 0.1) is 0 Å². The molecule has 2 amide bonds. The summed E-state index contributed by atoms with van der Waals surface area (Å²) in [5, 5.41) is 7.99. The minimum Gasteiger partial charge on any atom is -0.421 e. The Morgan fingerprint density at radius 1 is 1.00 bits per heavy atom. The van der Waals surface area contributed by atoms with Gasteiger partial charge in [0.25, 0.3) is 0 Å². The molecule has 0 unspecified atom stereocenters. The quantitative estimate of drug-likeness (QED) is 0.587. The van der Waals surface area contributed by atoms with Crippen molar-refractivity contribution in [3.05, 3.63) is 64.5 Å². The number of amides is 2. The van der Waals surface area contributed by atoms with E-state index in [1.807, 2.05) is 0 Å². The second kappa shape index (κ2) is 7.02. The topological polar surface area (TPSA) is 83.4 Å². The lowest BCUT2D eigenvalue weighted by atomic mass is 10.2. The van der Waals surface area contributed by atoms with Gasteiger partial charge in [-0.15, -0.1) is 0 Å². The van der Waals surface area contributed by atoms with Gasteiger partial charge in [0.15, 0.2) is 5.69 Å². The SMILES string of the molecule is CNc1c(NC(=O)Nc2cccc(C(F)(F)F)c2)c(=O)oc2ccccc12. The van der Waals surface area contributed by atoms with E-state index in [0.717, 1.165) is 12.1 Å². The van der Waals surface area contributed by atoms with Crippen molar-refractivity contribution in [2.45, 2.75) is 6.18 Å². The lowest BCUT2D eigenvalue weighted by Gasteiger charge is -2.13. The number of carbonyl (C=O) groups is 1. The average Bonchev–Trinajstić information content (AvgIpc) is 2.62. The van der Waals surface area contributed by atoms with Crippen molar-refractivity contribution in [1.29, 1.82) is 0 Å². The standard InChI is InChI=1S/C18H14F3N3O3/c1-22-14-12-7-2-3-8-13(12)27-16(25)15(14)24-17(26)23-11-6-4-5-10(9-11)18(19,20)21/h2-9,22H,1H3,(H2,23,24,26). The summed E-state index contributed by atoms with van der Waals surface area (Å²) in [4.78, 5) is 24.4. The Balaban J connectivity index is 1.89. The largest absolute Gasteiger partial charge is 0.421 e. The Morgan fingerprint density at radius 2 is 1.74 bits per heavy atom. The van der Waals surface area contributed by atoms with E-state index in [4.69, 9.17) is 4.42 Å². The molecule has 0 bridgehead atoms. The van der Waals surface area contributed by atoms with Gasteiger partial charge in [-0.2, -0.15) is 13.2 Å². The van der Waals surface area contributed by atoms with Crippen molar-refractivity contribution in [2.75, 3.05) is 23.0 Å². The number of hydrogen-bond acceptors (Lipinski definition) is 4. The summed E-state index contributed by atoms with van der Waals surface area (Å²) in [6.45, 7) is 0. The van der Waals surface area contributed by atoms with Gasteiger partial charge in [0.05, 0.1) is 11.3 Å². The summed E-state index contributed by atoms with van der Waals surface area (Å²) >= 11 is 0. The number of nitrogens with one attached hydrogen (secondary N) is 3. The van der Waals surface area contributed by atoms with Crippen LogP contribution in [-0.4, -0.2) is 13.1 Å². The van der Waals surface area contributed by atoms with Gasteiger partial charge in [0.2, 0.25) is 0 Å². The van der Waals surface area contributed by atoms with E-state index in [1.54, 1.807) is 31.3 Å². The molecule has 0 aliphatic rings. The highest BCUT2D eigenvalue weighted by atomic mass is 19.4. The van der Waals surface area contributed by atoms with Gasteiger partial charge >= 0.3 is 17.8 Å². The van der Waals surface area contributed by atoms with Gasteiger partial charge in [0.1, 0.15) is 5.58 Å². The van der Waals surface area contributed by atoms with Crippen LogP contribution in [0.5, 0.6) is 0 Å². The Labute approximate surface area is 151 Å². The van der Waals surface area contributed by atoms with E-state index >= 15 is 0 Å². The highest BCUT2D eigenvalue weighted by molar-refractivity contribution is 6.05. The van der Waals surface area contributed by atoms with Gasteiger partial charge in [-0.1, -0.05) is 18.2 Å². The van der Waals surface area contributed by atoms with Crippen LogP contribution in [0.4, 0.5) is 35.0 Å². The van der Waals surface area contributed by atoms with Crippen LogP contribution in [0.3, 0.4) is 0 Å². The number of benzene rings is 2. The first-order valence-corrected chi connectivity index (χ1v) is 7.78. The smallest absolute Gasteiger partial charge is 0.416 e. The maximum absolute atomic E-state index is 12.8. The molecule has 3 N–H and O–H groups in total. The number of fused-ring (bicyclic) bond motifs is 1. The Kier molecular flexibility index (Phi) is 4.76. The fourth-order valence-electron chi connectivity index (χ4n) is 2.57. The van der Waals surface area contributed by atoms with E-state index < -0.39 is 23.4 Å². The molecule has 1 heterocycles. The third-order valence-corrected chi connectivity index (χ3v) is 3.75. The van der Waals surface area contributed by atoms with Gasteiger partial charge in [0, 0.05) is 18.1 Å². The number of halogens is 3. The zero-order chi connectivity index (χ0) is 19.6. The fraction of sp³-hybridized carbons (Fsp3) is 0.111. The van der Waals surface area contributed by atoms with E-state index in [9.17, 15) is 22.8 Å². The van der Waals surface area contributed by atoms with Gasteiger partial charge in [-0.25, -0.2) is 9.59 Å². The number of hydrogen-bond donors (Lipinski definition) is 3. The van der Waals surface area contributed by atoms with Crippen molar-refractivity contribution in [3.63, 3.8) is 0 Å². The fourth-order valence-corrected chi connectivity index (χ4v) is 2.57. The summed E-state index contributed by atoms with van der Waals surface area (Å²) < 4.78 is 43.4. The monoisotopic (exact) mass is 377 g/mol. The maximum Gasteiger partial charge on any atom is 0.416 e. The van der Waals surface area contributed by atoms with Crippen molar-refractivity contribution in [1.82, 2.24) is 0 Å². The predicted octanol–water partition coefficient (Wildman–Crippen LogP) is 4.50. The van der Waals surface area contributed by atoms with Crippen molar-refractivity contribution in [2.24, 2.45) is 0 Å². The van der Waals surface area contributed by atoms with Crippen LogP contribution >= 0.6 is 0 Å². The lowest BCUT2D eigenvalue weighted by Crippen LogP contribution is -2.24. The Bertz CT molecular complexity index is 1060. The van der Waals surface area contributed by atoms with Crippen LogP contribution in [0.25, 0.3) is 11.0 Å². The number of carbonyl (C=O) groups excluding carboxylic acids is 1. The number of anilines is 3. The molecule has 0 fully saturated rings. The first-order chi connectivity index (χ1) is 12.8. The molecule has 6 nitrogen and oxygen atoms in total. The highest BCUT2D eigenvalue weighted by Crippen LogP contribution is 2.31. The molecular weight excluding hydrogens is 363 g/mol. The maximum atomic E-state index is 12.8. The molecule has 0 spiro atoms. The van der Waals surface area contributed by atoms with Gasteiger partial charge in [-0.3, -0.25) is 5.32 Å². The number of para-hydroxylation sites is 1. The van der Waals surface area contributed by atoms with Crippen LogP contribution in [0.15, 0.2) is 57.7 Å². The van der Waals surface area contributed by atoms with E-state index in [2.05, 4.69) is 16.0 Å². The molecule has 0 saturated heterocycles. The normalized spacial score (nSPS) is 11.3. The van der Waals surface area contributed by atoms with Gasteiger partial charge < -0.3 is 15.1 Å². The third-order valence-electron chi connectivity index (χ3n) is 3.75. The van der Waals surface area contributed by atoms with E-state index in [1.165, 1.54) is 12.1 Å². The molecule has 140 valence electrons. The first kappa shape index (κ1) is 18.3. The molecule has 3 rings (SSSR count). The van der Waals surface area contributed by atoms with Gasteiger partial charge in [-0.05, 0) is 30.3 Å². The summed E-state index contributed by atoms with van der Waals surface area (Å²) in [7, 11) is 1.57. The molecule has 9 heteroatoms. The zero-order valence-electron chi connectivity index (χ0n) is 14.0. The zero-order valence-corrected chi connectivity index (χ0v) is 14.0. The molecule has 0 saturated carbocycles. The van der Waals surface area contributed by atoms with Crippen molar-refractivity contribution >= 4 is 34.1 Å². The summed E-state index contributed by atoms with van der Waals surface area (Å²) in [6.07, 6.45) is -4.53.